The number of piperidine rings is 1. The van der Waals surface area contributed by atoms with Crippen molar-refractivity contribution < 1.29 is 14.1 Å². The van der Waals surface area contributed by atoms with Gasteiger partial charge in [-0.15, -0.1) is 0 Å². The van der Waals surface area contributed by atoms with Crippen LogP contribution in [0.2, 0.25) is 0 Å². The van der Waals surface area contributed by atoms with Crippen LogP contribution in [0.3, 0.4) is 0 Å². The van der Waals surface area contributed by atoms with Gasteiger partial charge in [0.15, 0.2) is 0 Å². The average Bonchev–Trinajstić information content (AvgIpc) is 3.07. The number of carbonyl (C=O) groups excluding carboxylic acids is 2. The molecule has 2 fully saturated rings. The zero-order valence-electron chi connectivity index (χ0n) is 13.9. The van der Waals surface area contributed by atoms with E-state index in [1.54, 1.807) is 6.26 Å². The highest BCUT2D eigenvalue weighted by Crippen LogP contribution is 2.33. The maximum Gasteiger partial charge on any atom is 0.325 e. The molecule has 23 heavy (non-hydrogen) atoms. The van der Waals surface area contributed by atoms with Gasteiger partial charge in [0.25, 0.3) is 5.91 Å². The Morgan fingerprint density at radius 2 is 2.26 bits per heavy atom. The molecule has 2 saturated heterocycles. The molecule has 0 aromatic carbocycles. The van der Waals surface area contributed by atoms with E-state index in [0.29, 0.717) is 6.54 Å². The quantitative estimate of drug-likeness (QED) is 0.853. The lowest BCUT2D eigenvalue weighted by molar-refractivity contribution is -0.134. The molecule has 7 nitrogen and oxygen atoms in total. The fourth-order valence-electron chi connectivity index (χ4n) is 3.64. The summed E-state index contributed by atoms with van der Waals surface area (Å²) >= 11 is 0. The van der Waals surface area contributed by atoms with Crippen molar-refractivity contribution in [2.24, 2.45) is 5.92 Å². The van der Waals surface area contributed by atoms with Crippen molar-refractivity contribution in [1.82, 2.24) is 20.3 Å². The van der Waals surface area contributed by atoms with Crippen molar-refractivity contribution in [2.45, 2.75) is 51.7 Å². The molecule has 1 N–H and O–H groups in total. The van der Waals surface area contributed by atoms with Gasteiger partial charge in [0.1, 0.15) is 11.8 Å². The smallest absolute Gasteiger partial charge is 0.325 e. The van der Waals surface area contributed by atoms with E-state index in [2.05, 4.69) is 15.4 Å². The molecular weight excluding hydrogens is 296 g/mol. The molecule has 2 aliphatic rings. The first-order valence-electron chi connectivity index (χ1n) is 8.19. The van der Waals surface area contributed by atoms with Gasteiger partial charge in [0.05, 0.1) is 5.69 Å². The second-order valence-electron chi connectivity index (χ2n) is 6.97. The largest absolute Gasteiger partial charge is 0.364 e. The van der Waals surface area contributed by atoms with Crippen molar-refractivity contribution in [3.8, 4) is 0 Å². The molecule has 2 atom stereocenters. The van der Waals surface area contributed by atoms with Crippen LogP contribution in [-0.4, -0.2) is 51.6 Å². The molecule has 0 saturated carbocycles. The summed E-state index contributed by atoms with van der Waals surface area (Å²) in [6.07, 6.45) is 3.51. The molecule has 3 amide bonds. The van der Waals surface area contributed by atoms with Crippen LogP contribution >= 0.6 is 0 Å². The number of hydrogen-bond acceptors (Lipinski definition) is 5. The van der Waals surface area contributed by atoms with E-state index in [1.165, 1.54) is 4.90 Å². The Kier molecular flexibility index (Phi) is 4.14. The van der Waals surface area contributed by atoms with Gasteiger partial charge in [-0.1, -0.05) is 5.16 Å². The number of hydrogen-bond donors (Lipinski definition) is 1. The van der Waals surface area contributed by atoms with E-state index in [9.17, 15) is 9.59 Å². The summed E-state index contributed by atoms with van der Waals surface area (Å²) in [5.41, 5.74) is 0.0746. The molecule has 0 radical (unpaired) electrons. The average molecular weight is 320 g/mol. The molecule has 2 aliphatic heterocycles. The molecule has 3 rings (SSSR count). The number of nitrogens with zero attached hydrogens (tertiary/aromatic N) is 3. The molecular formula is C16H24N4O3. The molecule has 126 valence electrons. The number of rotatable bonds is 4. The van der Waals surface area contributed by atoms with Crippen molar-refractivity contribution in [1.29, 1.82) is 0 Å². The van der Waals surface area contributed by atoms with Crippen molar-refractivity contribution in [3.05, 3.63) is 18.0 Å². The molecule has 0 bridgehead atoms. The molecule has 0 spiro atoms. The molecule has 7 heteroatoms. The van der Waals surface area contributed by atoms with Gasteiger partial charge in [-0.25, -0.2) is 4.79 Å². The Labute approximate surface area is 136 Å². The molecule has 1 aromatic rings. The predicted molar refractivity (Wildman–Crippen MR) is 83.4 cm³/mol. The Balaban J connectivity index is 1.73. The zero-order chi connectivity index (χ0) is 16.6. The van der Waals surface area contributed by atoms with Crippen LogP contribution in [0.25, 0.3) is 0 Å². The minimum absolute atomic E-state index is 0.100. The van der Waals surface area contributed by atoms with E-state index >= 15 is 0 Å². The second-order valence-corrected chi connectivity index (χ2v) is 6.97. The van der Waals surface area contributed by atoms with Gasteiger partial charge < -0.3 is 9.84 Å². The zero-order valence-corrected chi connectivity index (χ0v) is 13.9. The monoisotopic (exact) mass is 320 g/mol. The third-order valence-electron chi connectivity index (χ3n) is 4.96. The fraction of sp³-hybridized carbons (Fsp3) is 0.688. The Morgan fingerprint density at radius 1 is 1.48 bits per heavy atom. The SMILES string of the molecule is CC(C)N1C(=O)NC(C)(C2CCCN(Cc3ccon3)C2)C1=O. The highest BCUT2D eigenvalue weighted by molar-refractivity contribution is 6.07. The van der Waals surface area contributed by atoms with Crippen LogP contribution in [0.15, 0.2) is 16.9 Å². The van der Waals surface area contributed by atoms with Crippen molar-refractivity contribution in [2.75, 3.05) is 13.1 Å². The van der Waals surface area contributed by atoms with Crippen molar-refractivity contribution >= 4 is 11.9 Å². The topological polar surface area (TPSA) is 78.7 Å². The first-order chi connectivity index (χ1) is 10.9. The second kappa shape index (κ2) is 5.96. The first kappa shape index (κ1) is 16.0. The van der Waals surface area contributed by atoms with Crippen LogP contribution in [-0.2, 0) is 11.3 Å². The van der Waals surface area contributed by atoms with Gasteiger partial charge in [-0.2, -0.15) is 0 Å². The lowest BCUT2D eigenvalue weighted by Crippen LogP contribution is -2.56. The number of aromatic nitrogens is 1. The van der Waals surface area contributed by atoms with E-state index in [0.717, 1.165) is 31.6 Å². The van der Waals surface area contributed by atoms with Crippen LogP contribution in [0.4, 0.5) is 4.79 Å². The summed E-state index contributed by atoms with van der Waals surface area (Å²) in [6, 6.07) is 1.45. The number of amides is 3. The van der Waals surface area contributed by atoms with E-state index in [1.807, 2.05) is 26.8 Å². The van der Waals surface area contributed by atoms with Gasteiger partial charge in [0.2, 0.25) is 0 Å². The molecule has 1 aromatic heterocycles. The lowest BCUT2D eigenvalue weighted by atomic mass is 9.79. The predicted octanol–water partition coefficient (Wildman–Crippen LogP) is 1.61. The van der Waals surface area contributed by atoms with Crippen LogP contribution in [0, 0.1) is 5.92 Å². The Bertz CT molecular complexity index is 586. The molecule has 3 heterocycles. The molecule has 0 aliphatic carbocycles. The highest BCUT2D eigenvalue weighted by Gasteiger charge is 2.53. The summed E-state index contributed by atoms with van der Waals surface area (Å²) in [6.45, 7) is 8.03. The van der Waals surface area contributed by atoms with Crippen LogP contribution < -0.4 is 5.32 Å². The maximum absolute atomic E-state index is 12.8. The van der Waals surface area contributed by atoms with Gasteiger partial charge in [-0.05, 0) is 40.2 Å². The third kappa shape index (κ3) is 2.85. The number of nitrogens with one attached hydrogen (secondary N) is 1. The third-order valence-corrected chi connectivity index (χ3v) is 4.96. The minimum Gasteiger partial charge on any atom is -0.364 e. The first-order valence-corrected chi connectivity index (χ1v) is 8.19. The number of likely N-dealkylation sites (tertiary alicyclic amines) is 1. The Hall–Kier alpha value is -1.89. The highest BCUT2D eigenvalue weighted by atomic mass is 16.5. The van der Waals surface area contributed by atoms with E-state index in [4.69, 9.17) is 4.52 Å². The van der Waals surface area contributed by atoms with E-state index in [-0.39, 0.29) is 23.9 Å². The summed E-state index contributed by atoms with van der Waals surface area (Å²) in [4.78, 5) is 28.6. The number of carbonyl (C=O) groups is 2. The summed E-state index contributed by atoms with van der Waals surface area (Å²) in [5.74, 6) is -0.00543. The van der Waals surface area contributed by atoms with Gasteiger partial charge >= 0.3 is 6.03 Å². The van der Waals surface area contributed by atoms with Crippen molar-refractivity contribution in [3.63, 3.8) is 0 Å². The number of imide groups is 1. The Morgan fingerprint density at radius 3 is 2.87 bits per heavy atom. The normalized spacial score (nSPS) is 29.4. The summed E-state index contributed by atoms with van der Waals surface area (Å²) in [7, 11) is 0. The van der Waals surface area contributed by atoms with Gasteiger partial charge in [-0.3, -0.25) is 14.6 Å². The lowest BCUT2D eigenvalue weighted by Gasteiger charge is -2.39. The fourth-order valence-corrected chi connectivity index (χ4v) is 3.64. The minimum atomic E-state index is -0.816. The summed E-state index contributed by atoms with van der Waals surface area (Å²) < 4.78 is 4.88. The number of urea groups is 1. The molecule has 2 unspecified atom stereocenters. The summed E-state index contributed by atoms with van der Waals surface area (Å²) in [5, 5.41) is 6.89. The van der Waals surface area contributed by atoms with Crippen LogP contribution in [0.5, 0.6) is 0 Å². The van der Waals surface area contributed by atoms with E-state index < -0.39 is 5.54 Å². The van der Waals surface area contributed by atoms with Gasteiger partial charge in [0, 0.05) is 31.1 Å². The standard InChI is InChI=1S/C16H24N4O3/c1-11(2)20-14(21)16(3,17-15(20)22)12-5-4-7-19(9-12)10-13-6-8-23-18-13/h6,8,11-12H,4-5,7,9-10H2,1-3H3,(H,17,22). The maximum atomic E-state index is 12.8. The van der Waals surface area contributed by atoms with Crippen LogP contribution in [0.1, 0.15) is 39.3 Å².